The van der Waals surface area contributed by atoms with Crippen LogP contribution in [0.4, 0.5) is 0 Å². The number of likely N-dealkylation sites (tertiary alicyclic amines) is 1. The minimum atomic E-state index is -0.885. The molecule has 1 rings (SSSR count). The van der Waals surface area contributed by atoms with Crippen LogP contribution in [0.25, 0.3) is 0 Å². The zero-order chi connectivity index (χ0) is 11.5. The number of carbonyl (C=O) groups excluding carboxylic acids is 1. The molecule has 1 aliphatic heterocycles. The van der Waals surface area contributed by atoms with E-state index >= 15 is 0 Å². The maximum atomic E-state index is 12.1. The van der Waals surface area contributed by atoms with E-state index in [4.69, 9.17) is 5.26 Å². The second-order valence-electron chi connectivity index (χ2n) is 4.09. The molecule has 1 aliphatic rings. The molecule has 1 N–H and O–H groups in total. The average Bonchev–Trinajstić information content (AvgIpc) is 2.68. The van der Waals surface area contributed by atoms with Crippen molar-refractivity contribution in [2.24, 2.45) is 5.41 Å². The predicted molar refractivity (Wildman–Crippen MR) is 55.8 cm³/mol. The Morgan fingerprint density at radius 1 is 1.60 bits per heavy atom. The molecule has 4 heteroatoms. The zero-order valence-corrected chi connectivity index (χ0v) is 9.36. The molecular weight excluding hydrogens is 192 g/mol. The highest BCUT2D eigenvalue weighted by Gasteiger charge is 2.40. The largest absolute Gasteiger partial charge is 0.391 e. The normalized spacial score (nSPS) is 21.5. The molecule has 0 saturated carbocycles. The topological polar surface area (TPSA) is 64.3 Å². The van der Waals surface area contributed by atoms with E-state index in [0.29, 0.717) is 32.4 Å². The Balaban J connectivity index is 2.78. The van der Waals surface area contributed by atoms with Gasteiger partial charge in [0, 0.05) is 13.1 Å². The number of rotatable bonds is 3. The number of aliphatic hydroxyl groups is 1. The summed E-state index contributed by atoms with van der Waals surface area (Å²) in [5.41, 5.74) is -0.885. The van der Waals surface area contributed by atoms with Crippen LogP contribution in [-0.2, 0) is 4.79 Å². The van der Waals surface area contributed by atoms with Crippen molar-refractivity contribution in [2.75, 3.05) is 13.1 Å². The Labute approximate surface area is 90.5 Å². The molecule has 0 spiro atoms. The second-order valence-corrected chi connectivity index (χ2v) is 4.09. The molecule has 0 aromatic carbocycles. The second kappa shape index (κ2) is 4.63. The molecule has 0 aromatic rings. The van der Waals surface area contributed by atoms with Crippen molar-refractivity contribution in [2.45, 2.75) is 39.2 Å². The molecule has 0 bridgehead atoms. The van der Waals surface area contributed by atoms with E-state index < -0.39 is 11.5 Å². The van der Waals surface area contributed by atoms with Gasteiger partial charge in [-0.2, -0.15) is 5.26 Å². The van der Waals surface area contributed by atoms with Crippen LogP contribution in [0, 0.1) is 16.7 Å². The van der Waals surface area contributed by atoms with E-state index in [0.717, 1.165) is 0 Å². The number of aliphatic hydroxyl groups excluding tert-OH is 1. The van der Waals surface area contributed by atoms with Crippen molar-refractivity contribution in [3.63, 3.8) is 0 Å². The standard InChI is InChI=1S/C11H18N2O2/c1-3-11(4-2,8-12)10(15)13-6-5-9(14)7-13/h9,14H,3-7H2,1-2H3/t9-/m1/s1. The lowest BCUT2D eigenvalue weighted by atomic mass is 9.82. The third-order valence-corrected chi connectivity index (χ3v) is 3.28. The summed E-state index contributed by atoms with van der Waals surface area (Å²) >= 11 is 0. The van der Waals surface area contributed by atoms with Gasteiger partial charge < -0.3 is 10.0 Å². The summed E-state index contributed by atoms with van der Waals surface area (Å²) in [6.45, 7) is 4.67. The number of nitrogens with zero attached hydrogens (tertiary/aromatic N) is 2. The Kier molecular flexibility index (Phi) is 3.70. The van der Waals surface area contributed by atoms with Crippen molar-refractivity contribution in [1.82, 2.24) is 4.90 Å². The molecule has 4 nitrogen and oxygen atoms in total. The number of amides is 1. The summed E-state index contributed by atoms with van der Waals surface area (Å²) < 4.78 is 0. The fraction of sp³-hybridized carbons (Fsp3) is 0.818. The number of β-amino-alcohol motifs (C(OH)–C–C–N with tert-alkyl or cyclic N) is 1. The molecule has 84 valence electrons. The van der Waals surface area contributed by atoms with Gasteiger partial charge in [-0.3, -0.25) is 4.79 Å². The van der Waals surface area contributed by atoms with Gasteiger partial charge >= 0.3 is 0 Å². The first-order chi connectivity index (χ1) is 7.09. The van der Waals surface area contributed by atoms with Gasteiger partial charge in [-0.05, 0) is 19.3 Å². The number of hydrogen-bond acceptors (Lipinski definition) is 3. The van der Waals surface area contributed by atoms with E-state index in [1.807, 2.05) is 13.8 Å². The van der Waals surface area contributed by atoms with Crippen molar-refractivity contribution in [3.8, 4) is 6.07 Å². The van der Waals surface area contributed by atoms with Crippen LogP contribution in [0.3, 0.4) is 0 Å². The minimum Gasteiger partial charge on any atom is -0.391 e. The number of nitriles is 1. The van der Waals surface area contributed by atoms with Crippen LogP contribution < -0.4 is 0 Å². The molecule has 1 fully saturated rings. The summed E-state index contributed by atoms with van der Waals surface area (Å²) in [5.74, 6) is -0.119. The van der Waals surface area contributed by atoms with Crippen LogP contribution in [0.2, 0.25) is 0 Å². The Morgan fingerprint density at radius 2 is 2.20 bits per heavy atom. The Morgan fingerprint density at radius 3 is 2.53 bits per heavy atom. The molecule has 0 radical (unpaired) electrons. The molecule has 1 heterocycles. The highest BCUT2D eigenvalue weighted by atomic mass is 16.3. The molecule has 0 unspecified atom stereocenters. The molecule has 0 aliphatic carbocycles. The fourth-order valence-corrected chi connectivity index (χ4v) is 1.99. The van der Waals surface area contributed by atoms with Gasteiger partial charge in [0.05, 0.1) is 12.2 Å². The highest BCUT2D eigenvalue weighted by Crippen LogP contribution is 2.29. The summed E-state index contributed by atoms with van der Waals surface area (Å²) in [5, 5.41) is 18.5. The molecule has 15 heavy (non-hydrogen) atoms. The summed E-state index contributed by atoms with van der Waals surface area (Å²) in [4.78, 5) is 13.7. The summed E-state index contributed by atoms with van der Waals surface area (Å²) in [7, 11) is 0. The van der Waals surface area contributed by atoms with Gasteiger partial charge in [0.25, 0.3) is 0 Å². The molecule has 1 saturated heterocycles. The molecule has 1 amide bonds. The van der Waals surface area contributed by atoms with Gasteiger partial charge in [0.1, 0.15) is 5.41 Å². The van der Waals surface area contributed by atoms with Gasteiger partial charge in [0.2, 0.25) is 5.91 Å². The van der Waals surface area contributed by atoms with Gasteiger partial charge in [-0.25, -0.2) is 0 Å². The molecule has 1 atom stereocenters. The average molecular weight is 210 g/mol. The van der Waals surface area contributed by atoms with E-state index in [2.05, 4.69) is 6.07 Å². The molecular formula is C11H18N2O2. The van der Waals surface area contributed by atoms with E-state index in [-0.39, 0.29) is 5.91 Å². The van der Waals surface area contributed by atoms with Crippen LogP contribution in [0.5, 0.6) is 0 Å². The maximum absolute atomic E-state index is 12.1. The molecule has 0 aromatic heterocycles. The minimum absolute atomic E-state index is 0.119. The van der Waals surface area contributed by atoms with Crippen LogP contribution in [0.15, 0.2) is 0 Å². The zero-order valence-electron chi connectivity index (χ0n) is 9.36. The number of hydrogen-bond donors (Lipinski definition) is 1. The summed E-state index contributed by atoms with van der Waals surface area (Å²) in [6.07, 6.45) is 1.27. The third kappa shape index (κ3) is 2.13. The van der Waals surface area contributed by atoms with Crippen molar-refractivity contribution >= 4 is 5.91 Å². The first-order valence-corrected chi connectivity index (χ1v) is 5.48. The lowest BCUT2D eigenvalue weighted by Gasteiger charge is -2.27. The SMILES string of the molecule is CCC(C#N)(CC)C(=O)N1CC[C@@H](O)C1. The van der Waals surface area contributed by atoms with E-state index in [9.17, 15) is 9.90 Å². The number of carbonyl (C=O) groups is 1. The highest BCUT2D eigenvalue weighted by molar-refractivity contribution is 5.85. The Bertz CT molecular complexity index is 279. The fourth-order valence-electron chi connectivity index (χ4n) is 1.99. The van der Waals surface area contributed by atoms with Crippen molar-refractivity contribution in [1.29, 1.82) is 5.26 Å². The van der Waals surface area contributed by atoms with Gasteiger partial charge in [-0.1, -0.05) is 13.8 Å². The maximum Gasteiger partial charge on any atom is 0.243 e. The van der Waals surface area contributed by atoms with Crippen molar-refractivity contribution in [3.05, 3.63) is 0 Å². The van der Waals surface area contributed by atoms with Crippen LogP contribution >= 0.6 is 0 Å². The Hall–Kier alpha value is -1.08. The monoisotopic (exact) mass is 210 g/mol. The van der Waals surface area contributed by atoms with Gasteiger partial charge in [-0.15, -0.1) is 0 Å². The quantitative estimate of drug-likeness (QED) is 0.753. The van der Waals surface area contributed by atoms with Crippen LogP contribution in [-0.4, -0.2) is 35.1 Å². The predicted octanol–water partition coefficient (Wildman–Crippen LogP) is 0.910. The smallest absolute Gasteiger partial charge is 0.243 e. The third-order valence-electron chi connectivity index (χ3n) is 3.28. The lowest BCUT2D eigenvalue weighted by molar-refractivity contribution is -0.138. The first kappa shape index (κ1) is 12.0. The van der Waals surface area contributed by atoms with E-state index in [1.165, 1.54) is 0 Å². The lowest BCUT2D eigenvalue weighted by Crippen LogP contribution is -2.42. The van der Waals surface area contributed by atoms with Gasteiger partial charge in [0.15, 0.2) is 0 Å². The van der Waals surface area contributed by atoms with Crippen molar-refractivity contribution < 1.29 is 9.90 Å². The first-order valence-electron chi connectivity index (χ1n) is 5.48. The van der Waals surface area contributed by atoms with E-state index in [1.54, 1.807) is 4.90 Å². The van der Waals surface area contributed by atoms with Crippen LogP contribution in [0.1, 0.15) is 33.1 Å². The summed E-state index contributed by atoms with van der Waals surface area (Å²) in [6, 6.07) is 2.13.